The highest BCUT2D eigenvalue weighted by Gasteiger charge is 2.34. The van der Waals surface area contributed by atoms with E-state index in [1.807, 2.05) is 146 Å². The lowest BCUT2D eigenvalue weighted by Gasteiger charge is -2.33. The number of benzene rings is 6. The Morgan fingerprint density at radius 2 is 1.02 bits per heavy atom. The van der Waals surface area contributed by atoms with Crippen molar-refractivity contribution in [3.63, 3.8) is 0 Å². The van der Waals surface area contributed by atoms with Gasteiger partial charge < -0.3 is 33.5 Å². The third-order valence-electron chi connectivity index (χ3n) is 8.84. The van der Waals surface area contributed by atoms with E-state index in [-0.39, 0.29) is 13.0 Å². The molecule has 1 N–H and O–H groups in total. The van der Waals surface area contributed by atoms with Crippen LogP contribution in [-0.4, -0.2) is 17.8 Å². The van der Waals surface area contributed by atoms with E-state index in [4.69, 9.17) is 28.4 Å². The SMILES string of the molecule is C=CCOc1c(OCc2ccccc2)cc([C@H]2Oc3cc(OCc4ccccc4)cc(OCc4ccccc4)c3C[C@H]2O)cc1OCc1ccccc1. The number of fused-ring (bicyclic) bond motifs is 1. The van der Waals surface area contributed by atoms with Gasteiger partial charge in [-0.25, -0.2) is 0 Å². The van der Waals surface area contributed by atoms with Crippen molar-refractivity contribution in [3.05, 3.63) is 192 Å². The van der Waals surface area contributed by atoms with Crippen LogP contribution in [0.15, 0.2) is 158 Å². The first-order valence-electron chi connectivity index (χ1n) is 17.7. The summed E-state index contributed by atoms with van der Waals surface area (Å²) in [6.45, 7) is 5.41. The standard InChI is InChI=1S/C46H42O7/c1-2-23-48-46-43(51-31-35-19-11-5-12-20-35)24-37(25-44(46)52-32-36-21-13-6-14-22-36)45-40(47)28-39-41(50-30-34-17-9-4-10-18-34)26-38(27-42(39)53-45)49-29-33-15-7-3-8-16-33/h2-22,24-27,40,45,47H,1,23,28-32H2/t40-,45-/m1/s1. The molecule has 0 bridgehead atoms. The summed E-state index contributed by atoms with van der Waals surface area (Å²) in [5.74, 6) is 3.13. The summed E-state index contributed by atoms with van der Waals surface area (Å²) in [7, 11) is 0. The third kappa shape index (κ3) is 9.19. The van der Waals surface area contributed by atoms with Crippen LogP contribution < -0.4 is 28.4 Å². The van der Waals surface area contributed by atoms with Gasteiger partial charge in [0.1, 0.15) is 50.3 Å². The van der Waals surface area contributed by atoms with Crippen LogP contribution in [0.1, 0.15) is 39.5 Å². The van der Waals surface area contributed by atoms with E-state index in [0.717, 1.165) is 27.8 Å². The van der Waals surface area contributed by atoms with Gasteiger partial charge in [0.15, 0.2) is 17.6 Å². The monoisotopic (exact) mass is 706 g/mol. The first-order valence-corrected chi connectivity index (χ1v) is 17.7. The molecule has 0 unspecified atom stereocenters. The molecule has 0 spiro atoms. The number of ether oxygens (including phenoxy) is 6. The molecular weight excluding hydrogens is 664 g/mol. The van der Waals surface area contributed by atoms with Gasteiger partial charge in [-0.3, -0.25) is 0 Å². The fourth-order valence-corrected chi connectivity index (χ4v) is 6.14. The van der Waals surface area contributed by atoms with Gasteiger partial charge in [-0.15, -0.1) is 0 Å². The molecule has 6 aromatic carbocycles. The molecule has 7 rings (SSSR count). The molecule has 1 aliphatic heterocycles. The second-order valence-electron chi connectivity index (χ2n) is 12.8. The van der Waals surface area contributed by atoms with Crippen LogP contribution in [-0.2, 0) is 32.8 Å². The molecule has 6 aromatic rings. The lowest BCUT2D eigenvalue weighted by Crippen LogP contribution is -2.30. The third-order valence-corrected chi connectivity index (χ3v) is 8.84. The Kier molecular flexibility index (Phi) is 11.5. The summed E-state index contributed by atoms with van der Waals surface area (Å²) in [5, 5.41) is 11.8. The van der Waals surface area contributed by atoms with Crippen LogP contribution in [0.4, 0.5) is 0 Å². The number of hydrogen-bond donors (Lipinski definition) is 1. The van der Waals surface area contributed by atoms with Crippen molar-refractivity contribution in [2.24, 2.45) is 0 Å². The molecule has 2 atom stereocenters. The average Bonchev–Trinajstić information content (AvgIpc) is 3.21. The van der Waals surface area contributed by atoms with Crippen molar-refractivity contribution in [1.82, 2.24) is 0 Å². The number of hydrogen-bond acceptors (Lipinski definition) is 7. The van der Waals surface area contributed by atoms with Crippen LogP contribution in [0.5, 0.6) is 34.5 Å². The minimum absolute atomic E-state index is 0.246. The molecule has 0 aliphatic carbocycles. The first-order chi connectivity index (χ1) is 26.1. The van der Waals surface area contributed by atoms with Gasteiger partial charge in [-0.1, -0.05) is 134 Å². The maximum absolute atomic E-state index is 11.8. The van der Waals surface area contributed by atoms with E-state index in [1.54, 1.807) is 6.08 Å². The Bertz CT molecular complexity index is 2000. The van der Waals surface area contributed by atoms with E-state index < -0.39 is 12.2 Å². The largest absolute Gasteiger partial charge is 0.489 e. The minimum Gasteiger partial charge on any atom is -0.489 e. The van der Waals surface area contributed by atoms with E-state index >= 15 is 0 Å². The van der Waals surface area contributed by atoms with Crippen LogP contribution in [0.25, 0.3) is 0 Å². The van der Waals surface area contributed by atoms with Crippen LogP contribution in [0.2, 0.25) is 0 Å². The van der Waals surface area contributed by atoms with Crippen LogP contribution in [0.3, 0.4) is 0 Å². The van der Waals surface area contributed by atoms with E-state index in [0.29, 0.717) is 66.5 Å². The molecule has 7 nitrogen and oxygen atoms in total. The molecule has 268 valence electrons. The van der Waals surface area contributed by atoms with Gasteiger partial charge in [0.05, 0.1) is 6.10 Å². The second kappa shape index (κ2) is 17.4. The highest BCUT2D eigenvalue weighted by Crippen LogP contribution is 2.47. The number of rotatable bonds is 16. The number of aliphatic hydroxyl groups is 1. The van der Waals surface area contributed by atoms with E-state index in [1.165, 1.54) is 0 Å². The highest BCUT2D eigenvalue weighted by atomic mass is 16.5. The second-order valence-corrected chi connectivity index (χ2v) is 12.8. The van der Waals surface area contributed by atoms with Gasteiger partial charge in [0, 0.05) is 29.7 Å². The van der Waals surface area contributed by atoms with E-state index in [2.05, 4.69) is 6.58 Å². The maximum atomic E-state index is 11.8. The average molecular weight is 707 g/mol. The highest BCUT2D eigenvalue weighted by molar-refractivity contribution is 5.57. The molecule has 0 radical (unpaired) electrons. The van der Waals surface area contributed by atoms with Gasteiger partial charge in [-0.2, -0.15) is 0 Å². The lowest BCUT2D eigenvalue weighted by atomic mass is 9.93. The van der Waals surface area contributed by atoms with Gasteiger partial charge in [0.25, 0.3) is 0 Å². The predicted octanol–water partition coefficient (Wildman–Crippen LogP) is 9.60. The predicted molar refractivity (Wildman–Crippen MR) is 205 cm³/mol. The van der Waals surface area contributed by atoms with Gasteiger partial charge in [0.2, 0.25) is 5.75 Å². The molecule has 7 heteroatoms. The maximum Gasteiger partial charge on any atom is 0.203 e. The van der Waals surface area contributed by atoms with Crippen molar-refractivity contribution in [2.45, 2.75) is 45.1 Å². The zero-order valence-corrected chi connectivity index (χ0v) is 29.4. The number of aliphatic hydroxyl groups excluding tert-OH is 1. The quantitative estimate of drug-likeness (QED) is 0.101. The molecule has 0 aromatic heterocycles. The molecule has 0 fully saturated rings. The smallest absolute Gasteiger partial charge is 0.203 e. The molecule has 0 amide bonds. The van der Waals surface area contributed by atoms with E-state index in [9.17, 15) is 5.11 Å². The van der Waals surface area contributed by atoms with Crippen LogP contribution >= 0.6 is 0 Å². The van der Waals surface area contributed by atoms with Crippen molar-refractivity contribution in [1.29, 1.82) is 0 Å². The Labute approximate surface area is 310 Å². The zero-order chi connectivity index (χ0) is 36.2. The fourth-order valence-electron chi connectivity index (χ4n) is 6.14. The summed E-state index contributed by atoms with van der Waals surface area (Å²) >= 11 is 0. The normalized spacial score (nSPS) is 14.7. The Morgan fingerprint density at radius 1 is 0.566 bits per heavy atom. The summed E-state index contributed by atoms with van der Waals surface area (Å²) in [5.41, 5.74) is 5.49. The summed E-state index contributed by atoms with van der Waals surface area (Å²) in [6, 6.07) is 47.2. The van der Waals surface area contributed by atoms with Gasteiger partial charge in [-0.05, 0) is 34.4 Å². The zero-order valence-electron chi connectivity index (χ0n) is 29.4. The van der Waals surface area contributed by atoms with Crippen molar-refractivity contribution in [2.75, 3.05) is 6.61 Å². The molecule has 1 heterocycles. The molecule has 0 saturated heterocycles. The molecular formula is C46H42O7. The van der Waals surface area contributed by atoms with Crippen LogP contribution in [0, 0.1) is 0 Å². The van der Waals surface area contributed by atoms with Crippen molar-refractivity contribution < 1.29 is 33.5 Å². The molecule has 53 heavy (non-hydrogen) atoms. The summed E-state index contributed by atoms with van der Waals surface area (Å²) < 4.78 is 38.4. The first kappa shape index (κ1) is 35.2. The lowest BCUT2D eigenvalue weighted by molar-refractivity contribution is 0.0191. The molecule has 0 saturated carbocycles. The summed E-state index contributed by atoms with van der Waals surface area (Å²) in [4.78, 5) is 0. The Morgan fingerprint density at radius 3 is 1.49 bits per heavy atom. The van der Waals surface area contributed by atoms with Crippen molar-refractivity contribution >= 4 is 0 Å². The Balaban J connectivity index is 1.23. The fraction of sp³-hybridized carbons (Fsp3) is 0.174. The van der Waals surface area contributed by atoms with Crippen molar-refractivity contribution in [3.8, 4) is 34.5 Å². The Hall–Kier alpha value is -6.18. The minimum atomic E-state index is -0.915. The topological polar surface area (TPSA) is 75.6 Å². The molecule has 1 aliphatic rings. The van der Waals surface area contributed by atoms with Gasteiger partial charge >= 0.3 is 0 Å². The summed E-state index contributed by atoms with van der Waals surface area (Å²) in [6.07, 6.45) is 0.287.